The minimum Gasteiger partial charge on any atom is -0.494 e. The van der Waals surface area contributed by atoms with Crippen molar-refractivity contribution in [1.29, 1.82) is 0 Å². The molecule has 0 heterocycles. The van der Waals surface area contributed by atoms with Crippen LogP contribution in [0.3, 0.4) is 0 Å². The van der Waals surface area contributed by atoms with Crippen LogP contribution in [-0.4, -0.2) is 26.8 Å². The van der Waals surface area contributed by atoms with E-state index >= 15 is 0 Å². The molecule has 0 aliphatic rings. The Morgan fingerprint density at radius 2 is 2.06 bits per heavy atom. The summed E-state index contributed by atoms with van der Waals surface area (Å²) in [5.41, 5.74) is 6.03. The van der Waals surface area contributed by atoms with E-state index in [-0.39, 0.29) is 6.61 Å². The third-order valence-corrected chi connectivity index (χ3v) is 2.15. The average Bonchev–Trinajstić information content (AvgIpc) is 2.27. The number of nitrogens with two attached hydrogens (primary N) is 1. The van der Waals surface area contributed by atoms with Gasteiger partial charge in [0, 0.05) is 6.07 Å². The number of hydrogen-bond donors (Lipinski definition) is 1. The first kappa shape index (κ1) is 12.4. The number of methoxy groups -OCH3 is 2. The molecule has 5 nitrogen and oxygen atoms in total. The van der Waals surface area contributed by atoms with E-state index in [2.05, 4.69) is 4.74 Å². The second kappa shape index (κ2) is 5.46. The van der Waals surface area contributed by atoms with E-state index < -0.39 is 5.97 Å². The number of nitrogen functional groups attached to an aromatic ring is 1. The van der Waals surface area contributed by atoms with Crippen molar-refractivity contribution in [2.75, 3.05) is 26.6 Å². The van der Waals surface area contributed by atoms with Crippen molar-refractivity contribution in [3.8, 4) is 11.5 Å². The fraction of sp³-hybridized carbons (Fsp3) is 0.300. The molecular formula is C10H12ClNO4. The molecule has 0 unspecified atom stereocenters. The van der Waals surface area contributed by atoms with Gasteiger partial charge in [0.1, 0.15) is 11.5 Å². The fourth-order valence-corrected chi connectivity index (χ4v) is 1.26. The zero-order chi connectivity index (χ0) is 12.1. The Hall–Kier alpha value is -1.62. The van der Waals surface area contributed by atoms with Crippen molar-refractivity contribution < 1.29 is 19.0 Å². The highest BCUT2D eigenvalue weighted by molar-refractivity contribution is 6.32. The van der Waals surface area contributed by atoms with Crippen LogP contribution in [0.15, 0.2) is 12.1 Å². The lowest BCUT2D eigenvalue weighted by molar-refractivity contribution is -0.142. The van der Waals surface area contributed by atoms with Crippen LogP contribution in [0.5, 0.6) is 11.5 Å². The Labute approximate surface area is 98.0 Å². The van der Waals surface area contributed by atoms with E-state index in [0.29, 0.717) is 22.2 Å². The highest BCUT2D eigenvalue weighted by Gasteiger charge is 2.10. The molecule has 1 aromatic rings. The molecule has 0 aliphatic heterocycles. The summed E-state index contributed by atoms with van der Waals surface area (Å²) in [7, 11) is 2.75. The molecule has 0 saturated carbocycles. The van der Waals surface area contributed by atoms with Crippen LogP contribution in [0.2, 0.25) is 5.02 Å². The van der Waals surface area contributed by atoms with Crippen molar-refractivity contribution in [3.05, 3.63) is 17.2 Å². The monoisotopic (exact) mass is 245 g/mol. The molecular weight excluding hydrogens is 234 g/mol. The van der Waals surface area contributed by atoms with Crippen LogP contribution >= 0.6 is 11.6 Å². The number of carbonyl (C=O) groups excluding carboxylic acids is 1. The summed E-state index contributed by atoms with van der Waals surface area (Å²) in [6.07, 6.45) is 0. The fourth-order valence-electron chi connectivity index (χ4n) is 1.03. The number of ether oxygens (including phenoxy) is 3. The van der Waals surface area contributed by atoms with Crippen molar-refractivity contribution in [2.45, 2.75) is 0 Å². The highest BCUT2D eigenvalue weighted by Crippen LogP contribution is 2.34. The predicted molar refractivity (Wildman–Crippen MR) is 59.9 cm³/mol. The van der Waals surface area contributed by atoms with Crippen LogP contribution in [-0.2, 0) is 9.53 Å². The van der Waals surface area contributed by atoms with E-state index in [4.69, 9.17) is 26.8 Å². The Kier molecular flexibility index (Phi) is 4.25. The number of anilines is 1. The van der Waals surface area contributed by atoms with Gasteiger partial charge in [-0.2, -0.15) is 0 Å². The molecule has 0 aliphatic carbocycles. The van der Waals surface area contributed by atoms with Gasteiger partial charge in [-0.25, -0.2) is 4.79 Å². The number of benzene rings is 1. The number of halogens is 1. The standard InChI is InChI=1S/C10H12ClNO4/c1-14-9-4-8(6(11)3-7(9)12)16-5-10(13)15-2/h3-4H,5,12H2,1-2H3. The van der Waals surface area contributed by atoms with Gasteiger partial charge >= 0.3 is 5.97 Å². The molecule has 6 heteroatoms. The summed E-state index contributed by atoms with van der Waals surface area (Å²) >= 11 is 5.87. The largest absolute Gasteiger partial charge is 0.494 e. The predicted octanol–water partition coefficient (Wildman–Crippen LogP) is 1.48. The molecule has 2 N–H and O–H groups in total. The van der Waals surface area contributed by atoms with Gasteiger partial charge in [-0.15, -0.1) is 0 Å². The van der Waals surface area contributed by atoms with Crippen LogP contribution in [0.4, 0.5) is 5.69 Å². The maximum atomic E-state index is 10.9. The average molecular weight is 246 g/mol. The Morgan fingerprint density at radius 3 is 2.62 bits per heavy atom. The molecule has 88 valence electrons. The Balaban J connectivity index is 2.83. The van der Waals surface area contributed by atoms with E-state index in [9.17, 15) is 4.79 Å². The quantitative estimate of drug-likeness (QED) is 0.643. The van der Waals surface area contributed by atoms with Gasteiger partial charge in [0.05, 0.1) is 24.9 Å². The summed E-state index contributed by atoms with van der Waals surface area (Å²) in [6.45, 7) is -0.219. The van der Waals surface area contributed by atoms with Gasteiger partial charge in [0.15, 0.2) is 6.61 Å². The lowest BCUT2D eigenvalue weighted by Crippen LogP contribution is -2.12. The molecule has 0 saturated heterocycles. The first-order chi connectivity index (χ1) is 7.58. The molecule has 0 aromatic heterocycles. The van der Waals surface area contributed by atoms with E-state index in [1.54, 1.807) is 0 Å². The molecule has 16 heavy (non-hydrogen) atoms. The van der Waals surface area contributed by atoms with E-state index in [0.717, 1.165) is 0 Å². The number of esters is 1. The lowest BCUT2D eigenvalue weighted by Gasteiger charge is -2.10. The van der Waals surface area contributed by atoms with E-state index in [1.807, 2.05) is 0 Å². The maximum absolute atomic E-state index is 10.9. The minimum atomic E-state index is -0.494. The summed E-state index contributed by atoms with van der Waals surface area (Å²) in [6, 6.07) is 3.01. The maximum Gasteiger partial charge on any atom is 0.343 e. The zero-order valence-corrected chi connectivity index (χ0v) is 9.71. The summed E-state index contributed by atoms with van der Waals surface area (Å²) in [4.78, 5) is 10.9. The van der Waals surface area contributed by atoms with Crippen LogP contribution in [0, 0.1) is 0 Å². The van der Waals surface area contributed by atoms with Gasteiger partial charge in [-0.1, -0.05) is 11.6 Å². The van der Waals surface area contributed by atoms with Crippen LogP contribution in [0.1, 0.15) is 0 Å². The molecule has 1 aromatic carbocycles. The molecule has 0 bridgehead atoms. The van der Waals surface area contributed by atoms with Crippen LogP contribution < -0.4 is 15.2 Å². The first-order valence-electron chi connectivity index (χ1n) is 4.41. The SMILES string of the molecule is COC(=O)COc1cc(OC)c(N)cc1Cl. The molecule has 0 spiro atoms. The molecule has 0 radical (unpaired) electrons. The summed E-state index contributed by atoms with van der Waals surface area (Å²) in [5, 5.41) is 0.308. The molecule has 0 fully saturated rings. The Morgan fingerprint density at radius 1 is 1.38 bits per heavy atom. The third kappa shape index (κ3) is 2.93. The number of rotatable bonds is 4. The van der Waals surface area contributed by atoms with Crippen LogP contribution in [0.25, 0.3) is 0 Å². The topological polar surface area (TPSA) is 70.8 Å². The van der Waals surface area contributed by atoms with Gasteiger partial charge in [0.25, 0.3) is 0 Å². The molecule has 0 amide bonds. The highest BCUT2D eigenvalue weighted by atomic mass is 35.5. The number of carbonyl (C=O) groups is 1. The summed E-state index contributed by atoms with van der Waals surface area (Å²) in [5.74, 6) is 0.259. The van der Waals surface area contributed by atoms with Crippen molar-refractivity contribution >= 4 is 23.3 Å². The number of hydrogen-bond acceptors (Lipinski definition) is 5. The van der Waals surface area contributed by atoms with Crippen molar-refractivity contribution in [3.63, 3.8) is 0 Å². The van der Waals surface area contributed by atoms with E-state index in [1.165, 1.54) is 26.4 Å². The third-order valence-electron chi connectivity index (χ3n) is 1.86. The van der Waals surface area contributed by atoms with Crippen molar-refractivity contribution in [2.24, 2.45) is 0 Å². The Bertz CT molecular complexity index is 395. The van der Waals surface area contributed by atoms with Crippen molar-refractivity contribution in [1.82, 2.24) is 0 Å². The normalized spacial score (nSPS) is 9.69. The molecule has 1 rings (SSSR count). The molecule has 0 atom stereocenters. The van der Waals surface area contributed by atoms with Gasteiger partial charge in [-0.3, -0.25) is 0 Å². The minimum absolute atomic E-state index is 0.219. The van der Waals surface area contributed by atoms with Gasteiger partial charge in [-0.05, 0) is 6.07 Å². The smallest absolute Gasteiger partial charge is 0.343 e. The summed E-state index contributed by atoms with van der Waals surface area (Å²) < 4.78 is 14.6. The second-order valence-electron chi connectivity index (χ2n) is 2.89. The second-order valence-corrected chi connectivity index (χ2v) is 3.30. The lowest BCUT2D eigenvalue weighted by atomic mass is 10.3. The zero-order valence-electron chi connectivity index (χ0n) is 8.95. The van der Waals surface area contributed by atoms with Gasteiger partial charge in [0.2, 0.25) is 0 Å². The van der Waals surface area contributed by atoms with Gasteiger partial charge < -0.3 is 19.9 Å². The first-order valence-corrected chi connectivity index (χ1v) is 4.79.